The standard InChI is InChI=1S/C40H24N2OS/c1-2-12-25(13-3-1)26-14-4-5-17-31(26)40-41-34(32-20-10-18-29-27-15-6-8-22-36(27)43-38(29)32)24-35(42-40)33-21-11-19-30-28-16-7-9-23-37(28)44-39(30)33/h1-24H. The van der Waals surface area contributed by atoms with Crippen LogP contribution in [0.5, 0.6) is 0 Å². The van der Waals surface area contributed by atoms with Crippen LogP contribution in [0.15, 0.2) is 150 Å². The topological polar surface area (TPSA) is 38.9 Å². The Morgan fingerprint density at radius 3 is 1.93 bits per heavy atom. The van der Waals surface area contributed by atoms with Crippen molar-refractivity contribution in [1.82, 2.24) is 9.97 Å². The van der Waals surface area contributed by atoms with Crippen LogP contribution < -0.4 is 0 Å². The Bertz CT molecular complexity index is 2380. The number of furan rings is 1. The van der Waals surface area contributed by atoms with Gasteiger partial charge in [-0.2, -0.15) is 0 Å². The fourth-order valence-corrected chi connectivity index (χ4v) is 7.51. The minimum absolute atomic E-state index is 0.684. The van der Waals surface area contributed by atoms with E-state index in [1.165, 1.54) is 20.2 Å². The van der Waals surface area contributed by atoms with Gasteiger partial charge in [-0.25, -0.2) is 9.97 Å². The average molecular weight is 581 g/mol. The highest BCUT2D eigenvalue weighted by atomic mass is 32.1. The molecule has 9 rings (SSSR count). The van der Waals surface area contributed by atoms with Crippen molar-refractivity contribution in [3.05, 3.63) is 146 Å². The Morgan fingerprint density at radius 1 is 0.455 bits per heavy atom. The van der Waals surface area contributed by atoms with Gasteiger partial charge in [0.25, 0.3) is 0 Å². The van der Waals surface area contributed by atoms with E-state index in [4.69, 9.17) is 14.4 Å². The minimum atomic E-state index is 0.684. The van der Waals surface area contributed by atoms with Gasteiger partial charge in [-0.05, 0) is 35.4 Å². The summed E-state index contributed by atoms with van der Waals surface area (Å²) >= 11 is 1.81. The Balaban J connectivity index is 1.35. The van der Waals surface area contributed by atoms with Gasteiger partial charge in [0.2, 0.25) is 0 Å². The highest BCUT2D eigenvalue weighted by Gasteiger charge is 2.19. The molecule has 0 aliphatic carbocycles. The van der Waals surface area contributed by atoms with Crippen LogP contribution in [0.4, 0.5) is 0 Å². The molecule has 0 amide bonds. The van der Waals surface area contributed by atoms with Crippen LogP contribution in [0.1, 0.15) is 0 Å². The molecular weight excluding hydrogens is 557 g/mol. The molecule has 206 valence electrons. The monoisotopic (exact) mass is 580 g/mol. The Kier molecular flexibility index (Phi) is 5.68. The maximum Gasteiger partial charge on any atom is 0.161 e. The van der Waals surface area contributed by atoms with Crippen molar-refractivity contribution in [2.45, 2.75) is 0 Å². The maximum atomic E-state index is 6.47. The highest BCUT2D eigenvalue weighted by Crippen LogP contribution is 2.42. The second kappa shape index (κ2) is 10.0. The van der Waals surface area contributed by atoms with Crippen molar-refractivity contribution >= 4 is 53.4 Å². The molecule has 3 heterocycles. The Morgan fingerprint density at radius 2 is 1.07 bits per heavy atom. The van der Waals surface area contributed by atoms with E-state index in [9.17, 15) is 0 Å². The van der Waals surface area contributed by atoms with Gasteiger partial charge in [-0.15, -0.1) is 11.3 Å². The first-order valence-corrected chi connectivity index (χ1v) is 15.5. The number of thiophene rings is 1. The zero-order valence-electron chi connectivity index (χ0n) is 23.6. The van der Waals surface area contributed by atoms with Crippen molar-refractivity contribution in [3.8, 4) is 45.0 Å². The third-order valence-corrected chi connectivity index (χ3v) is 9.56. The van der Waals surface area contributed by atoms with E-state index >= 15 is 0 Å². The van der Waals surface area contributed by atoms with Crippen molar-refractivity contribution in [2.75, 3.05) is 0 Å². The molecule has 3 nitrogen and oxygen atoms in total. The normalized spacial score (nSPS) is 11.6. The molecule has 0 fully saturated rings. The third kappa shape index (κ3) is 3.96. The second-order valence-electron chi connectivity index (χ2n) is 10.9. The summed E-state index contributed by atoms with van der Waals surface area (Å²) < 4.78 is 8.97. The van der Waals surface area contributed by atoms with E-state index in [0.29, 0.717) is 5.82 Å². The zero-order chi connectivity index (χ0) is 29.0. The van der Waals surface area contributed by atoms with Crippen LogP contribution in [-0.2, 0) is 0 Å². The van der Waals surface area contributed by atoms with Crippen LogP contribution in [0.25, 0.3) is 87.1 Å². The molecule has 0 aliphatic rings. The largest absolute Gasteiger partial charge is 0.455 e. The lowest BCUT2D eigenvalue weighted by atomic mass is 9.98. The molecule has 0 saturated heterocycles. The van der Waals surface area contributed by atoms with Gasteiger partial charge >= 0.3 is 0 Å². The zero-order valence-corrected chi connectivity index (χ0v) is 24.4. The van der Waals surface area contributed by atoms with Gasteiger partial charge in [0.05, 0.1) is 11.4 Å². The van der Waals surface area contributed by atoms with E-state index in [1.807, 2.05) is 29.5 Å². The van der Waals surface area contributed by atoms with Crippen molar-refractivity contribution < 1.29 is 4.42 Å². The Hall–Kier alpha value is -5.58. The predicted octanol–water partition coefficient (Wildman–Crippen LogP) is 11.4. The van der Waals surface area contributed by atoms with Crippen LogP contribution in [0, 0.1) is 0 Å². The van der Waals surface area contributed by atoms with E-state index in [1.54, 1.807) is 0 Å². The fourth-order valence-electron chi connectivity index (χ4n) is 6.29. The number of rotatable bonds is 4. The van der Waals surface area contributed by atoms with Crippen LogP contribution in [0.3, 0.4) is 0 Å². The van der Waals surface area contributed by atoms with E-state index in [-0.39, 0.29) is 0 Å². The summed E-state index contributed by atoms with van der Waals surface area (Å²) in [5.41, 5.74) is 8.68. The minimum Gasteiger partial charge on any atom is -0.455 e. The first kappa shape index (κ1) is 25.0. The number of para-hydroxylation sites is 2. The average Bonchev–Trinajstić information content (AvgIpc) is 3.67. The molecule has 6 aromatic carbocycles. The lowest BCUT2D eigenvalue weighted by Gasteiger charge is -2.13. The number of hydrogen-bond donors (Lipinski definition) is 0. The van der Waals surface area contributed by atoms with Crippen LogP contribution in [-0.4, -0.2) is 9.97 Å². The van der Waals surface area contributed by atoms with E-state index in [2.05, 4.69) is 127 Å². The number of aromatic nitrogens is 2. The van der Waals surface area contributed by atoms with Gasteiger partial charge in [0, 0.05) is 47.6 Å². The smallest absolute Gasteiger partial charge is 0.161 e. The van der Waals surface area contributed by atoms with Crippen molar-refractivity contribution in [3.63, 3.8) is 0 Å². The maximum absolute atomic E-state index is 6.47. The second-order valence-corrected chi connectivity index (χ2v) is 12.0. The molecule has 0 unspecified atom stereocenters. The first-order valence-electron chi connectivity index (χ1n) is 14.7. The van der Waals surface area contributed by atoms with Gasteiger partial charge in [0.15, 0.2) is 5.82 Å². The summed E-state index contributed by atoms with van der Waals surface area (Å²) in [5, 5.41) is 4.69. The number of hydrogen-bond acceptors (Lipinski definition) is 4. The molecule has 0 saturated carbocycles. The lowest BCUT2D eigenvalue weighted by molar-refractivity contribution is 0.670. The molecule has 44 heavy (non-hydrogen) atoms. The Labute approximate surface area is 257 Å². The van der Waals surface area contributed by atoms with Gasteiger partial charge < -0.3 is 4.42 Å². The van der Waals surface area contributed by atoms with Crippen LogP contribution >= 0.6 is 11.3 Å². The number of fused-ring (bicyclic) bond motifs is 6. The van der Waals surface area contributed by atoms with Crippen molar-refractivity contribution in [2.24, 2.45) is 0 Å². The molecule has 3 aromatic heterocycles. The van der Waals surface area contributed by atoms with Gasteiger partial charge in [-0.3, -0.25) is 0 Å². The van der Waals surface area contributed by atoms with Gasteiger partial charge in [-0.1, -0.05) is 121 Å². The summed E-state index contributed by atoms with van der Waals surface area (Å²) in [6.07, 6.45) is 0. The summed E-state index contributed by atoms with van der Waals surface area (Å²) in [6, 6.07) is 50.6. The highest BCUT2D eigenvalue weighted by molar-refractivity contribution is 7.26. The van der Waals surface area contributed by atoms with E-state index < -0.39 is 0 Å². The SMILES string of the molecule is c1ccc(-c2ccccc2-c2nc(-c3cccc4c3oc3ccccc34)cc(-c3cccc4c3sc3ccccc34)n2)cc1. The summed E-state index contributed by atoms with van der Waals surface area (Å²) in [6.45, 7) is 0. The quantitative estimate of drug-likeness (QED) is 0.208. The molecule has 9 aromatic rings. The fraction of sp³-hybridized carbons (Fsp3) is 0. The predicted molar refractivity (Wildman–Crippen MR) is 184 cm³/mol. The summed E-state index contributed by atoms with van der Waals surface area (Å²) in [7, 11) is 0. The summed E-state index contributed by atoms with van der Waals surface area (Å²) in [4.78, 5) is 10.6. The molecule has 0 N–H and O–H groups in total. The van der Waals surface area contributed by atoms with Crippen LogP contribution in [0.2, 0.25) is 0 Å². The van der Waals surface area contributed by atoms with Gasteiger partial charge in [0.1, 0.15) is 11.2 Å². The summed E-state index contributed by atoms with van der Waals surface area (Å²) in [5.74, 6) is 0.684. The molecule has 0 radical (unpaired) electrons. The lowest BCUT2D eigenvalue weighted by Crippen LogP contribution is -1.97. The first-order chi connectivity index (χ1) is 21.8. The third-order valence-electron chi connectivity index (χ3n) is 8.34. The molecule has 0 spiro atoms. The molecule has 4 heteroatoms. The van der Waals surface area contributed by atoms with Crippen molar-refractivity contribution in [1.29, 1.82) is 0 Å². The number of benzene rings is 6. The van der Waals surface area contributed by atoms with E-state index in [0.717, 1.165) is 61.1 Å². The molecule has 0 bridgehead atoms. The molecule has 0 atom stereocenters. The molecular formula is C40H24N2OS. The number of nitrogens with zero attached hydrogens (tertiary/aromatic N) is 2. The molecule has 0 aliphatic heterocycles.